The van der Waals surface area contributed by atoms with Gasteiger partial charge in [0.2, 0.25) is 0 Å². The zero-order chi connectivity index (χ0) is 5.54. The first-order valence-electron chi connectivity index (χ1n) is 1.99. The highest BCUT2D eigenvalue weighted by Gasteiger charge is 1.74. The maximum Gasteiger partial charge on any atom is 0.0683 e. The lowest BCUT2D eigenvalue weighted by molar-refractivity contribution is 1.76. The van der Waals surface area contributed by atoms with Crippen LogP contribution in [0.1, 0.15) is 0 Å². The molecule has 2 heteroatoms. The Morgan fingerprint density at radius 2 is 2.43 bits per heavy atom. The number of halogens is 1. The lowest BCUT2D eigenvalue weighted by atomic mass is 10.6. The summed E-state index contributed by atoms with van der Waals surface area (Å²) in [4.78, 5) is 0. The highest BCUT2D eigenvalue weighted by Crippen LogP contribution is 2.00. The van der Waals surface area contributed by atoms with E-state index in [0.717, 1.165) is 5.75 Å². The lowest BCUT2D eigenvalue weighted by Crippen LogP contribution is -1.66. The van der Waals surface area contributed by atoms with Crippen LogP contribution in [-0.4, -0.2) is 11.0 Å². The standard InChI is InChI=1S/C5H8ClS/c1-2-3-4-7-5-6/h2-3H,1,4-5H2/b3-2+. The average molecular weight is 136 g/mol. The van der Waals surface area contributed by atoms with Gasteiger partial charge in [-0.25, -0.2) is 0 Å². The molecule has 0 N–H and O–H groups in total. The normalized spacial score (nSPS) is 10.6. The van der Waals surface area contributed by atoms with E-state index in [2.05, 4.69) is 6.92 Å². The van der Waals surface area contributed by atoms with Crippen molar-refractivity contribution in [1.82, 2.24) is 0 Å². The van der Waals surface area contributed by atoms with E-state index in [9.17, 15) is 0 Å². The van der Waals surface area contributed by atoms with E-state index in [1.54, 1.807) is 17.8 Å². The number of rotatable bonds is 3. The van der Waals surface area contributed by atoms with Crippen LogP contribution >= 0.6 is 23.4 Å². The first-order valence-corrected chi connectivity index (χ1v) is 3.68. The van der Waals surface area contributed by atoms with Crippen molar-refractivity contribution in [3.05, 3.63) is 19.1 Å². The molecule has 41 valence electrons. The molecule has 0 saturated carbocycles. The van der Waals surface area contributed by atoms with Crippen molar-refractivity contribution in [1.29, 1.82) is 0 Å². The van der Waals surface area contributed by atoms with Crippen LogP contribution in [0.3, 0.4) is 0 Å². The van der Waals surface area contributed by atoms with Gasteiger partial charge in [-0.1, -0.05) is 12.2 Å². The van der Waals surface area contributed by atoms with Gasteiger partial charge in [0.15, 0.2) is 0 Å². The van der Waals surface area contributed by atoms with Gasteiger partial charge in [0, 0.05) is 5.75 Å². The minimum atomic E-state index is 0.671. The van der Waals surface area contributed by atoms with Crippen molar-refractivity contribution in [3.63, 3.8) is 0 Å². The second-order valence-electron chi connectivity index (χ2n) is 0.951. The van der Waals surface area contributed by atoms with E-state index in [1.807, 2.05) is 6.08 Å². The quantitative estimate of drug-likeness (QED) is 0.423. The third kappa shape index (κ3) is 6.38. The first kappa shape index (κ1) is 7.38. The van der Waals surface area contributed by atoms with E-state index < -0.39 is 0 Å². The minimum absolute atomic E-state index is 0.671. The molecule has 0 fully saturated rings. The van der Waals surface area contributed by atoms with Gasteiger partial charge >= 0.3 is 0 Å². The third-order valence-corrected chi connectivity index (χ3v) is 1.50. The maximum atomic E-state index is 5.35. The molecule has 0 rings (SSSR count). The Balaban J connectivity index is 2.69. The summed E-state index contributed by atoms with van der Waals surface area (Å²) in [5.41, 5.74) is 0. The second-order valence-corrected chi connectivity index (χ2v) is 2.57. The van der Waals surface area contributed by atoms with E-state index in [1.165, 1.54) is 0 Å². The van der Waals surface area contributed by atoms with Crippen molar-refractivity contribution in [2.45, 2.75) is 0 Å². The Bertz CT molecular complexity index is 52.0. The molecule has 1 radical (unpaired) electrons. The fraction of sp³-hybridized carbons (Fsp3) is 0.400. The molecule has 0 heterocycles. The fourth-order valence-electron chi connectivity index (χ4n) is 0.181. The molecule has 0 aliphatic heterocycles. The molecule has 0 saturated heterocycles. The zero-order valence-electron chi connectivity index (χ0n) is 4.06. The Labute approximate surface area is 53.9 Å². The third-order valence-electron chi connectivity index (χ3n) is 0.458. The van der Waals surface area contributed by atoms with Gasteiger partial charge in [0.25, 0.3) is 0 Å². The minimum Gasteiger partial charge on any atom is -0.142 e. The van der Waals surface area contributed by atoms with Crippen LogP contribution in [0.5, 0.6) is 0 Å². The Hall–Kier alpha value is 0.380. The second kappa shape index (κ2) is 6.38. The summed E-state index contributed by atoms with van der Waals surface area (Å²) in [6, 6.07) is 0. The zero-order valence-corrected chi connectivity index (χ0v) is 5.63. The van der Waals surface area contributed by atoms with Crippen molar-refractivity contribution in [2.75, 3.05) is 11.0 Å². The van der Waals surface area contributed by atoms with Crippen LogP contribution < -0.4 is 0 Å². The monoisotopic (exact) mass is 135 g/mol. The molecule has 0 aromatic heterocycles. The summed E-state index contributed by atoms with van der Waals surface area (Å²) >= 11 is 7.02. The van der Waals surface area contributed by atoms with E-state index in [4.69, 9.17) is 11.6 Å². The molecule has 0 aliphatic carbocycles. The topological polar surface area (TPSA) is 0 Å². The summed E-state index contributed by atoms with van der Waals surface area (Å²) in [5.74, 6) is 0.979. The number of allylic oxidation sites excluding steroid dienone is 1. The number of thioether (sulfide) groups is 1. The Morgan fingerprint density at radius 3 is 2.86 bits per heavy atom. The molecular weight excluding hydrogens is 128 g/mol. The largest absolute Gasteiger partial charge is 0.142 e. The van der Waals surface area contributed by atoms with Crippen LogP contribution in [0, 0.1) is 6.92 Å². The molecule has 0 unspecified atom stereocenters. The van der Waals surface area contributed by atoms with Crippen molar-refractivity contribution < 1.29 is 0 Å². The molecule has 0 aromatic carbocycles. The highest BCUT2D eigenvalue weighted by atomic mass is 35.5. The van der Waals surface area contributed by atoms with Gasteiger partial charge < -0.3 is 0 Å². The predicted octanol–water partition coefficient (Wildman–Crippen LogP) is 2.31. The van der Waals surface area contributed by atoms with Gasteiger partial charge in [-0.2, -0.15) is 0 Å². The lowest BCUT2D eigenvalue weighted by Gasteiger charge is -1.83. The molecule has 0 aliphatic rings. The fourth-order valence-corrected chi connectivity index (χ4v) is 0.809. The van der Waals surface area contributed by atoms with Crippen LogP contribution in [0.25, 0.3) is 0 Å². The SMILES string of the molecule is [CH2]/C=C/CSCCl. The highest BCUT2D eigenvalue weighted by molar-refractivity contribution is 8.00. The predicted molar refractivity (Wildman–Crippen MR) is 37.7 cm³/mol. The molecule has 0 aromatic rings. The summed E-state index contributed by atoms with van der Waals surface area (Å²) in [6.45, 7) is 3.52. The summed E-state index contributed by atoms with van der Waals surface area (Å²) < 4.78 is 0. The van der Waals surface area contributed by atoms with Gasteiger partial charge in [-0.3, -0.25) is 0 Å². The Morgan fingerprint density at radius 1 is 1.71 bits per heavy atom. The van der Waals surface area contributed by atoms with E-state index >= 15 is 0 Å². The van der Waals surface area contributed by atoms with Gasteiger partial charge in [-0.05, 0) is 6.92 Å². The van der Waals surface area contributed by atoms with Gasteiger partial charge in [0.1, 0.15) is 0 Å². The summed E-state index contributed by atoms with van der Waals surface area (Å²) in [6.07, 6.45) is 3.76. The number of alkyl halides is 1. The number of hydrogen-bond donors (Lipinski definition) is 0. The molecule has 0 atom stereocenters. The summed E-state index contributed by atoms with van der Waals surface area (Å²) in [5, 5.41) is 0.671. The molecule has 0 amide bonds. The van der Waals surface area contributed by atoms with Crippen molar-refractivity contribution >= 4 is 23.4 Å². The molecular formula is C5H8ClS. The van der Waals surface area contributed by atoms with Crippen molar-refractivity contribution in [3.8, 4) is 0 Å². The summed E-state index contributed by atoms with van der Waals surface area (Å²) in [7, 11) is 0. The molecule has 0 nitrogen and oxygen atoms in total. The molecule has 0 bridgehead atoms. The van der Waals surface area contributed by atoms with Crippen LogP contribution in [-0.2, 0) is 0 Å². The van der Waals surface area contributed by atoms with E-state index in [0.29, 0.717) is 5.21 Å². The maximum absolute atomic E-state index is 5.35. The van der Waals surface area contributed by atoms with E-state index in [-0.39, 0.29) is 0 Å². The van der Waals surface area contributed by atoms with Gasteiger partial charge in [0.05, 0.1) is 5.21 Å². The van der Waals surface area contributed by atoms with Crippen LogP contribution in [0.4, 0.5) is 0 Å². The van der Waals surface area contributed by atoms with Crippen molar-refractivity contribution in [2.24, 2.45) is 0 Å². The smallest absolute Gasteiger partial charge is 0.0683 e. The molecule has 7 heavy (non-hydrogen) atoms. The van der Waals surface area contributed by atoms with Crippen LogP contribution in [0.15, 0.2) is 12.2 Å². The van der Waals surface area contributed by atoms with Crippen LogP contribution in [0.2, 0.25) is 0 Å². The number of hydrogen-bond acceptors (Lipinski definition) is 1. The molecule has 0 spiro atoms. The average Bonchev–Trinajstić information content (AvgIpc) is 1.69. The Kier molecular flexibility index (Phi) is 6.73. The first-order chi connectivity index (χ1) is 3.41. The van der Waals surface area contributed by atoms with Gasteiger partial charge in [-0.15, -0.1) is 23.4 Å².